The molecule has 1 rings (SSSR count). The number of rotatable bonds is 9. The Labute approximate surface area is 112 Å². The molecule has 0 N–H and O–H groups in total. The van der Waals surface area contributed by atoms with Crippen LogP contribution >= 0.6 is 0 Å². The number of aryl methyl sites for hydroxylation is 2. The molecule has 0 aromatic heterocycles. The molecule has 0 amide bonds. The maximum atomic E-state index is 11.7. The van der Waals surface area contributed by atoms with Gasteiger partial charge in [-0.25, -0.2) is 0 Å². The first kappa shape index (κ1) is 14.9. The molecular formula is C17H26O. The normalized spacial score (nSPS) is 10.6. The van der Waals surface area contributed by atoms with Gasteiger partial charge < -0.3 is 0 Å². The van der Waals surface area contributed by atoms with Gasteiger partial charge in [0.2, 0.25) is 0 Å². The third-order valence-electron chi connectivity index (χ3n) is 3.33. The maximum Gasteiger partial charge on any atom is 0.133 e. The maximum absolute atomic E-state index is 11.7. The fourth-order valence-electron chi connectivity index (χ4n) is 2.20. The molecule has 1 nitrogen and oxygen atoms in total. The molecule has 0 atom stereocenters. The molecule has 0 spiro atoms. The van der Waals surface area contributed by atoms with E-state index in [-0.39, 0.29) is 0 Å². The standard InChI is InChI=1S/C17H26O/c1-3-4-5-6-7-11-17(18)13-12-16-10-8-9-15(2)14-16/h8-10,14H,3-7,11-13H2,1-2H3. The molecule has 0 fully saturated rings. The van der Waals surface area contributed by atoms with Crippen molar-refractivity contribution in [2.24, 2.45) is 0 Å². The van der Waals surface area contributed by atoms with Crippen molar-refractivity contribution in [1.82, 2.24) is 0 Å². The van der Waals surface area contributed by atoms with E-state index >= 15 is 0 Å². The highest BCUT2D eigenvalue weighted by Gasteiger charge is 2.02. The summed E-state index contributed by atoms with van der Waals surface area (Å²) in [6.45, 7) is 4.31. The van der Waals surface area contributed by atoms with E-state index in [0.29, 0.717) is 12.2 Å². The third-order valence-corrected chi connectivity index (χ3v) is 3.33. The predicted molar refractivity (Wildman–Crippen MR) is 77.9 cm³/mol. The van der Waals surface area contributed by atoms with Crippen LogP contribution in [-0.2, 0) is 11.2 Å². The quantitative estimate of drug-likeness (QED) is 0.569. The molecule has 0 saturated heterocycles. The number of hydrogen-bond donors (Lipinski definition) is 0. The molecular weight excluding hydrogens is 220 g/mol. The first-order valence-electron chi connectivity index (χ1n) is 7.29. The highest BCUT2D eigenvalue weighted by Crippen LogP contribution is 2.10. The van der Waals surface area contributed by atoms with Gasteiger partial charge >= 0.3 is 0 Å². The summed E-state index contributed by atoms with van der Waals surface area (Å²) in [5, 5.41) is 0. The van der Waals surface area contributed by atoms with E-state index in [4.69, 9.17) is 0 Å². The van der Waals surface area contributed by atoms with Gasteiger partial charge in [-0.1, -0.05) is 62.4 Å². The van der Waals surface area contributed by atoms with Crippen molar-refractivity contribution < 1.29 is 4.79 Å². The zero-order valence-corrected chi connectivity index (χ0v) is 11.9. The zero-order valence-electron chi connectivity index (χ0n) is 11.9. The number of carbonyl (C=O) groups is 1. The van der Waals surface area contributed by atoms with Crippen LogP contribution in [0, 0.1) is 6.92 Å². The lowest BCUT2D eigenvalue weighted by Crippen LogP contribution is -2.00. The fraction of sp³-hybridized carbons (Fsp3) is 0.588. The average Bonchev–Trinajstić information content (AvgIpc) is 2.36. The summed E-state index contributed by atoms with van der Waals surface area (Å²) in [6.07, 6.45) is 8.51. The second-order valence-electron chi connectivity index (χ2n) is 5.19. The lowest BCUT2D eigenvalue weighted by molar-refractivity contribution is -0.119. The number of carbonyl (C=O) groups excluding carboxylic acids is 1. The summed E-state index contributed by atoms with van der Waals surface area (Å²) in [5.41, 5.74) is 2.56. The average molecular weight is 246 g/mol. The van der Waals surface area contributed by atoms with E-state index in [1.165, 1.54) is 36.8 Å². The van der Waals surface area contributed by atoms with Gasteiger partial charge in [0.15, 0.2) is 0 Å². The molecule has 1 heteroatoms. The van der Waals surface area contributed by atoms with Crippen molar-refractivity contribution in [2.45, 2.75) is 65.2 Å². The van der Waals surface area contributed by atoms with Crippen LogP contribution in [0.3, 0.4) is 0 Å². The first-order chi connectivity index (χ1) is 8.72. The van der Waals surface area contributed by atoms with E-state index in [9.17, 15) is 4.79 Å². The highest BCUT2D eigenvalue weighted by molar-refractivity contribution is 5.78. The van der Waals surface area contributed by atoms with E-state index < -0.39 is 0 Å². The third kappa shape index (κ3) is 6.58. The molecule has 0 saturated carbocycles. The minimum absolute atomic E-state index is 0.424. The van der Waals surface area contributed by atoms with Gasteiger partial charge in [0.25, 0.3) is 0 Å². The Morgan fingerprint density at radius 2 is 1.83 bits per heavy atom. The number of ketones is 1. The van der Waals surface area contributed by atoms with E-state index in [2.05, 4.69) is 38.1 Å². The van der Waals surface area contributed by atoms with Gasteiger partial charge in [-0.3, -0.25) is 4.79 Å². The predicted octanol–water partition coefficient (Wildman–Crippen LogP) is 4.86. The van der Waals surface area contributed by atoms with Crippen LogP contribution in [0.2, 0.25) is 0 Å². The van der Waals surface area contributed by atoms with Crippen molar-refractivity contribution in [3.8, 4) is 0 Å². The second-order valence-corrected chi connectivity index (χ2v) is 5.19. The topological polar surface area (TPSA) is 17.1 Å². The number of hydrogen-bond acceptors (Lipinski definition) is 1. The molecule has 18 heavy (non-hydrogen) atoms. The summed E-state index contributed by atoms with van der Waals surface area (Å²) in [6, 6.07) is 8.45. The van der Waals surface area contributed by atoms with Crippen molar-refractivity contribution in [2.75, 3.05) is 0 Å². The molecule has 0 radical (unpaired) electrons. The fourth-order valence-corrected chi connectivity index (χ4v) is 2.20. The van der Waals surface area contributed by atoms with Crippen LogP contribution in [0.25, 0.3) is 0 Å². The molecule has 0 heterocycles. The molecule has 0 aliphatic heterocycles. The number of unbranched alkanes of at least 4 members (excludes halogenated alkanes) is 4. The Kier molecular flexibility index (Phi) is 7.40. The largest absolute Gasteiger partial charge is 0.300 e. The van der Waals surface area contributed by atoms with Gasteiger partial charge in [0.05, 0.1) is 0 Å². The molecule has 0 aliphatic rings. The molecule has 1 aromatic carbocycles. The van der Waals surface area contributed by atoms with E-state index in [1.54, 1.807) is 0 Å². The Morgan fingerprint density at radius 1 is 1.06 bits per heavy atom. The van der Waals surface area contributed by atoms with Crippen molar-refractivity contribution in [3.63, 3.8) is 0 Å². The number of Topliss-reactive ketones (excluding diaryl/α,β-unsaturated/α-hetero) is 1. The van der Waals surface area contributed by atoms with Crippen LogP contribution in [0.4, 0.5) is 0 Å². The van der Waals surface area contributed by atoms with Crippen LogP contribution in [0.5, 0.6) is 0 Å². The molecule has 100 valence electrons. The number of benzene rings is 1. The molecule has 0 bridgehead atoms. The minimum atomic E-state index is 0.424. The first-order valence-corrected chi connectivity index (χ1v) is 7.29. The van der Waals surface area contributed by atoms with Gasteiger partial charge in [-0.2, -0.15) is 0 Å². The Balaban J connectivity index is 2.13. The van der Waals surface area contributed by atoms with Gasteiger partial charge in [0, 0.05) is 12.8 Å². The molecule has 0 unspecified atom stereocenters. The lowest BCUT2D eigenvalue weighted by Gasteiger charge is -2.03. The Morgan fingerprint density at radius 3 is 2.56 bits per heavy atom. The van der Waals surface area contributed by atoms with Crippen LogP contribution in [-0.4, -0.2) is 5.78 Å². The molecule has 0 aliphatic carbocycles. The SMILES string of the molecule is CCCCCCCC(=O)CCc1cccc(C)c1. The van der Waals surface area contributed by atoms with Crippen molar-refractivity contribution >= 4 is 5.78 Å². The highest BCUT2D eigenvalue weighted by atomic mass is 16.1. The van der Waals surface area contributed by atoms with Crippen molar-refractivity contribution in [3.05, 3.63) is 35.4 Å². The zero-order chi connectivity index (χ0) is 13.2. The summed E-state index contributed by atoms with van der Waals surface area (Å²) < 4.78 is 0. The van der Waals surface area contributed by atoms with Crippen LogP contribution < -0.4 is 0 Å². The van der Waals surface area contributed by atoms with Gasteiger partial charge in [-0.15, -0.1) is 0 Å². The van der Waals surface area contributed by atoms with Gasteiger partial charge in [-0.05, 0) is 25.3 Å². The second kappa shape index (κ2) is 8.91. The lowest BCUT2D eigenvalue weighted by atomic mass is 10.0. The summed E-state index contributed by atoms with van der Waals surface area (Å²) >= 11 is 0. The Hall–Kier alpha value is -1.11. The van der Waals surface area contributed by atoms with Crippen molar-refractivity contribution in [1.29, 1.82) is 0 Å². The van der Waals surface area contributed by atoms with Crippen LogP contribution in [0.15, 0.2) is 24.3 Å². The van der Waals surface area contributed by atoms with E-state index in [0.717, 1.165) is 19.3 Å². The summed E-state index contributed by atoms with van der Waals surface area (Å²) in [5.74, 6) is 0.424. The summed E-state index contributed by atoms with van der Waals surface area (Å²) in [7, 11) is 0. The van der Waals surface area contributed by atoms with Gasteiger partial charge in [0.1, 0.15) is 5.78 Å². The smallest absolute Gasteiger partial charge is 0.133 e. The van der Waals surface area contributed by atoms with Crippen LogP contribution in [0.1, 0.15) is 63.0 Å². The Bertz CT molecular complexity index is 354. The monoisotopic (exact) mass is 246 g/mol. The molecule has 1 aromatic rings. The minimum Gasteiger partial charge on any atom is -0.300 e. The summed E-state index contributed by atoms with van der Waals surface area (Å²) in [4.78, 5) is 11.7. The van der Waals surface area contributed by atoms with E-state index in [1.807, 2.05) is 0 Å².